The van der Waals surface area contributed by atoms with Gasteiger partial charge in [-0.3, -0.25) is 4.79 Å². The van der Waals surface area contributed by atoms with E-state index in [9.17, 15) is 4.79 Å². The van der Waals surface area contributed by atoms with Crippen LogP contribution >= 0.6 is 11.6 Å². The van der Waals surface area contributed by atoms with E-state index in [-0.39, 0.29) is 5.91 Å². The zero-order valence-corrected chi connectivity index (χ0v) is 12.8. The van der Waals surface area contributed by atoms with E-state index in [0.29, 0.717) is 10.6 Å². The standard InChI is InChI=1S/C16H18ClN3O/c1-12-15(11-19-9-3-2-4-10-19)16(21)20(18-12)14-7-5-13(17)6-8-14/h5-8,11H,2-4,9-10H2,1H3/b15-11-. The third kappa shape index (κ3) is 2.95. The van der Waals surface area contributed by atoms with Gasteiger partial charge < -0.3 is 4.90 Å². The Balaban J connectivity index is 1.83. The van der Waals surface area contributed by atoms with Gasteiger partial charge in [-0.1, -0.05) is 11.6 Å². The SMILES string of the molecule is CC1=NN(c2ccc(Cl)cc2)C(=O)/C1=C\N1CCCCC1. The van der Waals surface area contributed by atoms with Crippen LogP contribution in [-0.2, 0) is 4.79 Å². The molecule has 0 aliphatic carbocycles. The first-order chi connectivity index (χ1) is 10.1. The molecule has 1 saturated heterocycles. The molecule has 2 aliphatic heterocycles. The molecule has 2 aliphatic rings. The quantitative estimate of drug-likeness (QED) is 0.785. The molecule has 0 saturated carbocycles. The van der Waals surface area contributed by atoms with Crippen molar-refractivity contribution in [3.8, 4) is 0 Å². The second-order valence-electron chi connectivity index (χ2n) is 5.42. The van der Waals surface area contributed by atoms with Crippen molar-refractivity contribution in [3.05, 3.63) is 41.1 Å². The number of carbonyl (C=O) groups excluding carboxylic acids is 1. The van der Waals surface area contributed by atoms with Gasteiger partial charge in [0.2, 0.25) is 0 Å². The van der Waals surface area contributed by atoms with Crippen LogP contribution < -0.4 is 5.01 Å². The fourth-order valence-corrected chi connectivity index (χ4v) is 2.78. The smallest absolute Gasteiger partial charge is 0.282 e. The molecule has 0 atom stereocenters. The fourth-order valence-electron chi connectivity index (χ4n) is 2.65. The predicted molar refractivity (Wildman–Crippen MR) is 85.6 cm³/mol. The number of piperidine rings is 1. The number of rotatable bonds is 2. The summed E-state index contributed by atoms with van der Waals surface area (Å²) in [5, 5.41) is 6.47. The Morgan fingerprint density at radius 3 is 2.48 bits per heavy atom. The van der Waals surface area contributed by atoms with Crippen LogP contribution in [0.3, 0.4) is 0 Å². The Labute approximate surface area is 129 Å². The topological polar surface area (TPSA) is 35.9 Å². The average Bonchev–Trinajstić information content (AvgIpc) is 2.77. The molecule has 0 aromatic heterocycles. The summed E-state index contributed by atoms with van der Waals surface area (Å²) in [6, 6.07) is 7.14. The maximum absolute atomic E-state index is 12.6. The van der Waals surface area contributed by atoms with Gasteiger partial charge in [0, 0.05) is 24.3 Å². The van der Waals surface area contributed by atoms with E-state index < -0.39 is 0 Å². The van der Waals surface area contributed by atoms with Gasteiger partial charge in [-0.15, -0.1) is 0 Å². The summed E-state index contributed by atoms with van der Waals surface area (Å²) >= 11 is 5.88. The van der Waals surface area contributed by atoms with Crippen molar-refractivity contribution in [1.82, 2.24) is 4.90 Å². The molecule has 0 bridgehead atoms. The third-order valence-corrected chi connectivity index (χ3v) is 4.09. The maximum Gasteiger partial charge on any atom is 0.282 e. The van der Waals surface area contributed by atoms with Crippen molar-refractivity contribution >= 4 is 28.9 Å². The van der Waals surface area contributed by atoms with Gasteiger partial charge >= 0.3 is 0 Å². The molecule has 3 rings (SSSR count). The van der Waals surface area contributed by atoms with Crippen molar-refractivity contribution < 1.29 is 4.79 Å². The third-order valence-electron chi connectivity index (χ3n) is 3.84. The molecule has 1 aromatic carbocycles. The highest BCUT2D eigenvalue weighted by Gasteiger charge is 2.29. The lowest BCUT2D eigenvalue weighted by molar-refractivity contribution is -0.114. The lowest BCUT2D eigenvalue weighted by Crippen LogP contribution is -2.27. The number of hydrazone groups is 1. The molecular formula is C16H18ClN3O. The lowest BCUT2D eigenvalue weighted by Gasteiger charge is -2.25. The minimum absolute atomic E-state index is 0.0691. The minimum atomic E-state index is -0.0691. The van der Waals surface area contributed by atoms with Gasteiger partial charge in [0.1, 0.15) is 0 Å². The Bertz CT molecular complexity index is 600. The summed E-state index contributed by atoms with van der Waals surface area (Å²) in [5.74, 6) is -0.0691. The van der Waals surface area contributed by atoms with Crippen LogP contribution in [0.5, 0.6) is 0 Å². The average molecular weight is 304 g/mol. The highest BCUT2D eigenvalue weighted by molar-refractivity contribution is 6.31. The first-order valence-electron chi connectivity index (χ1n) is 7.26. The number of carbonyl (C=O) groups is 1. The van der Waals surface area contributed by atoms with E-state index in [2.05, 4.69) is 10.0 Å². The number of likely N-dealkylation sites (tertiary alicyclic amines) is 1. The minimum Gasteiger partial charge on any atom is -0.377 e. The van der Waals surface area contributed by atoms with Crippen molar-refractivity contribution in [3.63, 3.8) is 0 Å². The molecule has 5 heteroatoms. The molecule has 1 fully saturated rings. The second kappa shape index (κ2) is 5.90. The van der Waals surface area contributed by atoms with Crippen LogP contribution in [0.4, 0.5) is 5.69 Å². The second-order valence-corrected chi connectivity index (χ2v) is 5.85. The van der Waals surface area contributed by atoms with Crippen molar-refractivity contribution in [2.24, 2.45) is 5.10 Å². The molecule has 21 heavy (non-hydrogen) atoms. The molecule has 2 heterocycles. The summed E-state index contributed by atoms with van der Waals surface area (Å²) in [7, 11) is 0. The number of benzene rings is 1. The van der Waals surface area contributed by atoms with Crippen molar-refractivity contribution in [1.29, 1.82) is 0 Å². The normalized spacial score (nSPS) is 21.1. The van der Waals surface area contributed by atoms with Crippen LogP contribution in [0.1, 0.15) is 26.2 Å². The molecular weight excluding hydrogens is 286 g/mol. The molecule has 0 spiro atoms. The Kier molecular flexibility index (Phi) is 3.97. The first kappa shape index (κ1) is 14.1. The number of hydrogen-bond donors (Lipinski definition) is 0. The van der Waals surface area contributed by atoms with E-state index in [1.807, 2.05) is 13.1 Å². The Morgan fingerprint density at radius 1 is 1.14 bits per heavy atom. The molecule has 110 valence electrons. The van der Waals surface area contributed by atoms with Crippen LogP contribution in [-0.4, -0.2) is 29.6 Å². The summed E-state index contributed by atoms with van der Waals surface area (Å²) in [6.45, 7) is 3.92. The summed E-state index contributed by atoms with van der Waals surface area (Å²) in [6.07, 6.45) is 5.62. The van der Waals surface area contributed by atoms with E-state index in [1.54, 1.807) is 24.3 Å². The zero-order chi connectivity index (χ0) is 14.8. The van der Waals surface area contributed by atoms with Gasteiger partial charge in [-0.25, -0.2) is 0 Å². The molecule has 0 N–H and O–H groups in total. The maximum atomic E-state index is 12.6. The molecule has 0 radical (unpaired) electrons. The van der Waals surface area contributed by atoms with Crippen molar-refractivity contribution in [2.75, 3.05) is 18.1 Å². The van der Waals surface area contributed by atoms with Crippen LogP contribution in [0.25, 0.3) is 0 Å². The van der Waals surface area contributed by atoms with Crippen LogP contribution in [0.2, 0.25) is 5.02 Å². The highest BCUT2D eigenvalue weighted by atomic mass is 35.5. The van der Waals surface area contributed by atoms with Gasteiger partial charge in [0.15, 0.2) is 0 Å². The van der Waals surface area contributed by atoms with E-state index in [4.69, 9.17) is 11.6 Å². The highest BCUT2D eigenvalue weighted by Crippen LogP contribution is 2.25. The predicted octanol–water partition coefficient (Wildman–Crippen LogP) is 3.43. The number of amides is 1. The molecule has 1 amide bonds. The van der Waals surface area contributed by atoms with Gasteiger partial charge in [0.05, 0.1) is 17.0 Å². The van der Waals surface area contributed by atoms with Gasteiger partial charge in [0.25, 0.3) is 5.91 Å². The summed E-state index contributed by atoms with van der Waals surface area (Å²) in [4.78, 5) is 14.8. The van der Waals surface area contributed by atoms with Crippen molar-refractivity contribution in [2.45, 2.75) is 26.2 Å². The summed E-state index contributed by atoms with van der Waals surface area (Å²) in [5.41, 5.74) is 2.19. The monoisotopic (exact) mass is 303 g/mol. The zero-order valence-electron chi connectivity index (χ0n) is 12.1. The fraction of sp³-hybridized carbons (Fsp3) is 0.375. The van der Waals surface area contributed by atoms with Gasteiger partial charge in [-0.05, 0) is 50.5 Å². The lowest BCUT2D eigenvalue weighted by atomic mass is 10.1. The largest absolute Gasteiger partial charge is 0.377 e. The molecule has 4 nitrogen and oxygen atoms in total. The van der Waals surface area contributed by atoms with Crippen LogP contribution in [0.15, 0.2) is 41.1 Å². The summed E-state index contributed by atoms with van der Waals surface area (Å²) < 4.78 is 0. The Hall–Kier alpha value is -1.81. The Morgan fingerprint density at radius 2 is 1.81 bits per heavy atom. The molecule has 1 aromatic rings. The van der Waals surface area contributed by atoms with E-state index in [1.165, 1.54) is 24.3 Å². The van der Waals surface area contributed by atoms with E-state index >= 15 is 0 Å². The molecule has 0 unspecified atom stereocenters. The number of hydrogen-bond acceptors (Lipinski definition) is 3. The number of anilines is 1. The number of nitrogens with zero attached hydrogens (tertiary/aromatic N) is 3. The van der Waals surface area contributed by atoms with Crippen LogP contribution in [0, 0.1) is 0 Å². The van der Waals surface area contributed by atoms with E-state index in [0.717, 1.165) is 24.5 Å². The first-order valence-corrected chi connectivity index (χ1v) is 7.64. The number of halogens is 1. The van der Waals surface area contributed by atoms with Gasteiger partial charge in [-0.2, -0.15) is 10.1 Å².